The summed E-state index contributed by atoms with van der Waals surface area (Å²) in [6, 6.07) is -0.431. The Morgan fingerprint density at radius 2 is 0.833 bits per heavy atom. The zero-order valence-corrected chi connectivity index (χ0v) is 45.5. The molecule has 4 unspecified atom stereocenters. The summed E-state index contributed by atoms with van der Waals surface area (Å²) in [6.45, 7) is 6.05. The highest BCUT2D eigenvalue weighted by Gasteiger charge is 2.48. The van der Waals surface area contributed by atoms with E-state index in [0.29, 0.717) is 75.7 Å². The van der Waals surface area contributed by atoms with Crippen LogP contribution < -0.4 is 11.5 Å². The third kappa shape index (κ3) is 14.4. The molecule has 0 spiro atoms. The fourth-order valence-corrected chi connectivity index (χ4v) is 14.3. The highest BCUT2D eigenvalue weighted by Crippen LogP contribution is 2.42. The first-order valence-corrected chi connectivity index (χ1v) is 29.7. The fraction of sp³-hybridized carbons (Fsp3) is 0.615. The Kier molecular flexibility index (Phi) is 20.6. The van der Waals surface area contributed by atoms with Crippen molar-refractivity contribution >= 4 is 55.2 Å². The van der Waals surface area contributed by atoms with Gasteiger partial charge in [0.05, 0.1) is 11.5 Å². The van der Waals surface area contributed by atoms with E-state index in [2.05, 4.69) is 0 Å². The predicted molar refractivity (Wildman–Crippen MR) is 270 cm³/mol. The van der Waals surface area contributed by atoms with Crippen molar-refractivity contribution in [3.05, 3.63) is 82.4 Å². The van der Waals surface area contributed by atoms with E-state index in [1.165, 1.54) is 27.7 Å². The summed E-state index contributed by atoms with van der Waals surface area (Å²) in [5.41, 5.74) is 7.64. The van der Waals surface area contributed by atoms with E-state index < -0.39 is 137 Å². The number of carbonyl (C=O) groups is 6. The van der Waals surface area contributed by atoms with Crippen LogP contribution in [0, 0.1) is 46.7 Å². The van der Waals surface area contributed by atoms with E-state index >= 15 is 0 Å². The Balaban J connectivity index is 1.07. The van der Waals surface area contributed by atoms with Gasteiger partial charge in [-0.2, -0.15) is 0 Å². The monoisotopic (exact) mass is 1150 g/mol. The Morgan fingerprint density at radius 3 is 1.13 bits per heavy atom. The summed E-state index contributed by atoms with van der Waals surface area (Å²) < 4.78 is 150. The van der Waals surface area contributed by atoms with Gasteiger partial charge in [0.1, 0.15) is 11.6 Å². The molecule has 4 aliphatic rings. The van der Waals surface area contributed by atoms with Gasteiger partial charge in [-0.05, 0) is 127 Å². The highest BCUT2D eigenvalue weighted by molar-refractivity contribution is 7.92. The number of halogens is 6. The first-order valence-electron chi connectivity index (χ1n) is 26.2. The molecule has 4 saturated heterocycles. The standard InChI is InChI=1S/C52H68F6N6O12S2/c1-5-61(6-2)49(69)51(77(71,72)17-15-45(65)63-33-9-10-34(63)20-31(19-33)43(59)25-29-23-39(55)41(57)27-37(29)53)75-47(67)13-14-48(68)76-52(50(70)62(7-3)8-4)78(73,74)18-16-46(66)64-35-11-12-36(64)22-32(21-35)44(60)26-30-24-40(56)42(58)28-38(30)54/h13-14,23-24,27-28,31-36,43-44,51-52H,5-12,15-22,25-26,59-60H2,1-4H3/b14-13-/t31?,32?,33-,34+,35-,36+,43-,44-,51?,52?/m1/s1. The predicted octanol–water partition coefficient (Wildman–Crippen LogP) is 4.14. The van der Waals surface area contributed by atoms with Gasteiger partial charge < -0.3 is 40.5 Å². The molecule has 2 aromatic carbocycles. The van der Waals surface area contributed by atoms with Gasteiger partial charge in [0.15, 0.2) is 42.9 Å². The van der Waals surface area contributed by atoms with Crippen molar-refractivity contribution in [3.8, 4) is 0 Å². The Morgan fingerprint density at radius 1 is 0.538 bits per heavy atom. The molecule has 18 nitrogen and oxygen atoms in total. The van der Waals surface area contributed by atoms with Crippen LogP contribution in [0.4, 0.5) is 26.3 Å². The molecule has 432 valence electrons. The number of esters is 2. The molecule has 4 fully saturated rings. The number of hydrogen-bond acceptors (Lipinski definition) is 14. The lowest BCUT2D eigenvalue weighted by Crippen LogP contribution is -2.51. The first-order chi connectivity index (χ1) is 36.7. The number of fused-ring (bicyclic) bond motifs is 4. The van der Waals surface area contributed by atoms with Gasteiger partial charge in [-0.25, -0.2) is 52.8 Å². The van der Waals surface area contributed by atoms with Gasteiger partial charge in [-0.1, -0.05) is 0 Å². The van der Waals surface area contributed by atoms with Crippen molar-refractivity contribution in [1.29, 1.82) is 0 Å². The number of nitrogens with zero attached hydrogens (tertiary/aromatic N) is 4. The Labute approximate surface area is 450 Å². The van der Waals surface area contributed by atoms with Crippen molar-refractivity contribution in [2.24, 2.45) is 23.3 Å². The zero-order valence-electron chi connectivity index (χ0n) is 43.9. The quantitative estimate of drug-likeness (QED) is 0.0649. The summed E-state index contributed by atoms with van der Waals surface area (Å²) in [6.07, 6.45) is 2.96. The number of hydrogen-bond donors (Lipinski definition) is 2. The minimum atomic E-state index is -4.80. The first kappa shape index (κ1) is 61.6. The number of sulfone groups is 2. The lowest BCUT2D eigenvalue weighted by Gasteiger charge is -2.41. The number of amides is 4. The number of ether oxygens (including phenoxy) is 2. The molecule has 4 amide bonds. The molecule has 4 heterocycles. The van der Waals surface area contributed by atoms with E-state index in [1.807, 2.05) is 0 Å². The van der Waals surface area contributed by atoms with Crippen LogP contribution in [0.2, 0.25) is 0 Å². The smallest absolute Gasteiger partial charge is 0.332 e. The fourth-order valence-electron chi connectivity index (χ4n) is 11.5. The average molecular weight is 1150 g/mol. The number of likely N-dealkylation sites (N-methyl/N-ethyl adjacent to an activating group) is 2. The molecule has 6 rings (SSSR count). The van der Waals surface area contributed by atoms with Crippen molar-refractivity contribution in [1.82, 2.24) is 19.6 Å². The van der Waals surface area contributed by atoms with Crippen LogP contribution in [0.3, 0.4) is 0 Å². The van der Waals surface area contributed by atoms with Crippen molar-refractivity contribution in [2.75, 3.05) is 37.7 Å². The van der Waals surface area contributed by atoms with Crippen LogP contribution in [0.5, 0.6) is 0 Å². The molecular formula is C52H68F6N6O12S2. The molecule has 2 aromatic rings. The zero-order chi connectivity index (χ0) is 57.6. The van der Waals surface area contributed by atoms with Gasteiger partial charge in [-0.15, -0.1) is 0 Å². The van der Waals surface area contributed by atoms with Crippen molar-refractivity contribution in [2.45, 2.75) is 152 Å². The number of piperidine rings is 2. The molecule has 26 heteroatoms. The molecule has 0 aliphatic carbocycles. The highest BCUT2D eigenvalue weighted by atomic mass is 32.2. The van der Waals surface area contributed by atoms with E-state index in [0.717, 1.165) is 21.9 Å². The molecule has 4 bridgehead atoms. The molecule has 4 aliphatic heterocycles. The van der Waals surface area contributed by atoms with Gasteiger partial charge in [0.2, 0.25) is 11.8 Å². The minimum absolute atomic E-state index is 0.0209. The average Bonchev–Trinajstić information content (AvgIpc) is 3.86. The van der Waals surface area contributed by atoms with Crippen LogP contribution in [0.15, 0.2) is 36.4 Å². The summed E-state index contributed by atoms with van der Waals surface area (Å²) >= 11 is 0. The lowest BCUT2D eigenvalue weighted by atomic mass is 9.82. The Bertz CT molecular complexity index is 2620. The summed E-state index contributed by atoms with van der Waals surface area (Å²) in [4.78, 5) is 86.4. The normalized spacial score (nSPS) is 22.7. The number of nitrogens with two attached hydrogens (primary N) is 2. The largest absolute Gasteiger partial charge is 0.432 e. The SMILES string of the molecule is CCN(CC)C(=O)C(OC(=O)/C=C\C(=O)OC(C(=O)N(CC)CC)S(=O)(=O)CCC(=O)N1[C@@H]2CC[C@H]1CC([C@H](N)Cc1cc(F)c(F)cc1F)C2)S(=O)(=O)CCC(=O)N1[C@@H]2CC[C@H]1CC([C@H](N)Cc1cc(F)c(F)cc1F)C2. The number of rotatable bonds is 24. The van der Waals surface area contributed by atoms with Crippen LogP contribution in [0.25, 0.3) is 0 Å². The molecule has 0 saturated carbocycles. The minimum Gasteiger partial charge on any atom is -0.432 e. The molecule has 0 aromatic heterocycles. The maximum atomic E-state index is 14.4. The van der Waals surface area contributed by atoms with Crippen LogP contribution in [0.1, 0.15) is 103 Å². The Hall–Kier alpha value is -5.60. The number of carbonyl (C=O) groups excluding carboxylic acids is 6. The second-order valence-electron chi connectivity index (χ2n) is 20.4. The van der Waals surface area contributed by atoms with Crippen molar-refractivity contribution < 1.29 is 81.4 Å². The molecule has 0 radical (unpaired) electrons. The van der Waals surface area contributed by atoms with Gasteiger partial charge in [0.25, 0.3) is 22.7 Å². The van der Waals surface area contributed by atoms with Crippen LogP contribution >= 0.6 is 0 Å². The second-order valence-corrected chi connectivity index (χ2v) is 24.7. The second kappa shape index (κ2) is 26.1. The maximum Gasteiger partial charge on any atom is 0.332 e. The van der Waals surface area contributed by atoms with E-state index in [9.17, 15) is 71.9 Å². The van der Waals surface area contributed by atoms with E-state index in [4.69, 9.17) is 20.9 Å². The topological polar surface area (TPSA) is 254 Å². The molecule has 78 heavy (non-hydrogen) atoms. The van der Waals surface area contributed by atoms with Gasteiger partial charge >= 0.3 is 11.9 Å². The summed E-state index contributed by atoms with van der Waals surface area (Å²) in [7, 11) is -9.59. The third-order valence-corrected chi connectivity index (χ3v) is 19.1. The summed E-state index contributed by atoms with van der Waals surface area (Å²) in [5.74, 6) is -16.0. The summed E-state index contributed by atoms with van der Waals surface area (Å²) in [5, 5.41) is 0. The lowest BCUT2D eigenvalue weighted by molar-refractivity contribution is -0.152. The van der Waals surface area contributed by atoms with E-state index in [-0.39, 0.29) is 86.2 Å². The van der Waals surface area contributed by atoms with Crippen LogP contribution in [-0.2, 0) is 70.8 Å². The number of benzene rings is 2. The van der Waals surface area contributed by atoms with Crippen molar-refractivity contribution in [3.63, 3.8) is 0 Å². The van der Waals surface area contributed by atoms with Gasteiger partial charge in [0, 0.05) is 99.6 Å². The maximum absolute atomic E-state index is 14.4. The van der Waals surface area contributed by atoms with Gasteiger partial charge in [-0.3, -0.25) is 19.2 Å². The third-order valence-electron chi connectivity index (χ3n) is 15.6. The molecular weight excluding hydrogens is 1080 g/mol. The molecule has 10 atom stereocenters. The molecule has 4 N–H and O–H groups in total. The van der Waals surface area contributed by atoms with E-state index in [1.54, 1.807) is 9.80 Å². The van der Waals surface area contributed by atoms with Crippen LogP contribution in [-0.4, -0.2) is 157 Å².